The first-order valence-corrected chi connectivity index (χ1v) is 11.6. The summed E-state index contributed by atoms with van der Waals surface area (Å²) < 4.78 is 33.5. The standard InChI is InChI=1S/C22H22N2O6S/c1-11-16(8-9-18(11)31(28,29)30)24-17-5-3-2-4-13(17)21(26)20(24)19-14-10-12(25)6-7-15(14)23-22(19)27/h2-7,10-11,16,18,21,25-26H,8-9H2,1H3,(H,23,27)(H,28,29,30)/b20-19-. The number of aromatic hydroxyl groups is 1. The van der Waals surface area contributed by atoms with Gasteiger partial charge in [-0.1, -0.05) is 25.1 Å². The lowest BCUT2D eigenvalue weighted by atomic mass is 9.98. The highest BCUT2D eigenvalue weighted by Gasteiger charge is 2.49. The molecule has 162 valence electrons. The van der Waals surface area contributed by atoms with Crippen molar-refractivity contribution in [1.82, 2.24) is 0 Å². The van der Waals surface area contributed by atoms with Gasteiger partial charge in [-0.25, -0.2) is 0 Å². The zero-order valence-electron chi connectivity index (χ0n) is 16.7. The summed E-state index contributed by atoms with van der Waals surface area (Å²) in [6.07, 6.45) is -0.342. The Bertz CT molecular complexity index is 1240. The molecule has 9 heteroatoms. The van der Waals surface area contributed by atoms with Crippen LogP contribution in [-0.4, -0.2) is 40.4 Å². The fourth-order valence-corrected chi connectivity index (χ4v) is 6.42. The highest BCUT2D eigenvalue weighted by atomic mass is 32.2. The van der Waals surface area contributed by atoms with Crippen molar-refractivity contribution in [1.29, 1.82) is 0 Å². The molecular formula is C22H22N2O6S. The summed E-state index contributed by atoms with van der Waals surface area (Å²) in [4.78, 5) is 14.8. The number of para-hydroxylation sites is 1. The van der Waals surface area contributed by atoms with Gasteiger partial charge in [-0.3, -0.25) is 9.35 Å². The molecule has 2 aliphatic heterocycles. The van der Waals surface area contributed by atoms with E-state index in [0.29, 0.717) is 34.6 Å². The molecule has 1 fully saturated rings. The SMILES string of the molecule is CC1C(N2/C(=C3\C(=O)Nc4ccc(O)cc43)C(O)c3ccccc32)CCC1S(=O)(=O)O. The summed E-state index contributed by atoms with van der Waals surface area (Å²) in [7, 11) is -4.22. The number of anilines is 2. The largest absolute Gasteiger partial charge is 0.508 e. The predicted molar refractivity (Wildman–Crippen MR) is 115 cm³/mol. The number of phenols is 1. The molecule has 4 atom stereocenters. The number of aliphatic hydroxyl groups excluding tert-OH is 1. The number of carbonyl (C=O) groups is 1. The van der Waals surface area contributed by atoms with Gasteiger partial charge in [0.2, 0.25) is 0 Å². The van der Waals surface area contributed by atoms with Gasteiger partial charge in [0, 0.05) is 28.5 Å². The molecule has 0 spiro atoms. The highest BCUT2D eigenvalue weighted by Crippen LogP contribution is 2.51. The van der Waals surface area contributed by atoms with Crippen LogP contribution in [0.3, 0.4) is 0 Å². The van der Waals surface area contributed by atoms with E-state index in [1.807, 2.05) is 17.0 Å². The number of nitrogens with zero attached hydrogens (tertiary/aromatic N) is 1. The van der Waals surface area contributed by atoms with Gasteiger partial charge >= 0.3 is 0 Å². The average molecular weight is 442 g/mol. The van der Waals surface area contributed by atoms with Crippen molar-refractivity contribution in [2.75, 3.05) is 10.2 Å². The minimum atomic E-state index is -4.22. The van der Waals surface area contributed by atoms with Crippen LogP contribution in [0.5, 0.6) is 5.75 Å². The Morgan fingerprint density at radius 2 is 1.87 bits per heavy atom. The molecule has 1 aliphatic carbocycles. The molecule has 1 saturated carbocycles. The smallest absolute Gasteiger partial charge is 0.268 e. The molecule has 0 radical (unpaired) electrons. The molecule has 1 amide bonds. The lowest BCUT2D eigenvalue weighted by molar-refractivity contribution is -0.110. The molecular weight excluding hydrogens is 420 g/mol. The van der Waals surface area contributed by atoms with Crippen LogP contribution in [-0.2, 0) is 14.9 Å². The molecule has 4 unspecified atom stereocenters. The van der Waals surface area contributed by atoms with Gasteiger partial charge in [0.05, 0.1) is 16.5 Å². The topological polar surface area (TPSA) is 127 Å². The molecule has 2 aromatic carbocycles. The molecule has 5 rings (SSSR count). The Labute approximate surface area is 179 Å². The van der Waals surface area contributed by atoms with Crippen molar-refractivity contribution in [3.8, 4) is 5.75 Å². The van der Waals surface area contributed by atoms with Crippen LogP contribution in [0.2, 0.25) is 0 Å². The number of rotatable bonds is 2. The van der Waals surface area contributed by atoms with E-state index >= 15 is 0 Å². The second kappa shape index (κ2) is 6.81. The van der Waals surface area contributed by atoms with E-state index in [-0.39, 0.29) is 23.8 Å². The van der Waals surface area contributed by atoms with E-state index in [2.05, 4.69) is 5.32 Å². The molecule has 0 aromatic heterocycles. The minimum Gasteiger partial charge on any atom is -0.508 e. The molecule has 2 aromatic rings. The first-order valence-electron chi connectivity index (χ1n) is 10.1. The van der Waals surface area contributed by atoms with Gasteiger partial charge < -0.3 is 20.4 Å². The van der Waals surface area contributed by atoms with E-state index in [1.165, 1.54) is 12.1 Å². The van der Waals surface area contributed by atoms with Crippen LogP contribution in [0.15, 0.2) is 48.2 Å². The molecule has 4 N–H and O–H groups in total. The summed E-state index contributed by atoms with van der Waals surface area (Å²) in [6, 6.07) is 11.4. The van der Waals surface area contributed by atoms with E-state index in [1.54, 1.807) is 25.1 Å². The Balaban J connectivity index is 1.72. The lowest BCUT2D eigenvalue weighted by Gasteiger charge is -2.33. The van der Waals surface area contributed by atoms with E-state index in [9.17, 15) is 28.0 Å². The number of benzene rings is 2. The second-order valence-electron chi connectivity index (χ2n) is 8.33. The number of aliphatic hydroxyl groups is 1. The number of hydrogen-bond donors (Lipinski definition) is 4. The third-order valence-corrected chi connectivity index (χ3v) is 8.10. The van der Waals surface area contributed by atoms with Crippen LogP contribution in [0.25, 0.3) is 5.57 Å². The van der Waals surface area contributed by atoms with Gasteiger partial charge in [-0.05, 0) is 43.0 Å². The fraction of sp³-hybridized carbons (Fsp3) is 0.318. The summed E-state index contributed by atoms with van der Waals surface area (Å²) in [5.74, 6) is -0.841. The maximum atomic E-state index is 13.0. The van der Waals surface area contributed by atoms with Gasteiger partial charge in [-0.15, -0.1) is 0 Å². The molecule has 2 heterocycles. The zero-order valence-corrected chi connectivity index (χ0v) is 17.5. The van der Waals surface area contributed by atoms with Crippen molar-refractivity contribution < 1.29 is 28.0 Å². The van der Waals surface area contributed by atoms with Crippen LogP contribution in [0, 0.1) is 5.92 Å². The van der Waals surface area contributed by atoms with Crippen LogP contribution >= 0.6 is 0 Å². The van der Waals surface area contributed by atoms with Crippen LogP contribution in [0.1, 0.15) is 37.0 Å². The van der Waals surface area contributed by atoms with Crippen molar-refractivity contribution in [2.45, 2.75) is 37.2 Å². The number of phenolic OH excluding ortho intramolecular Hbond substituents is 1. The molecule has 3 aliphatic rings. The number of nitrogens with one attached hydrogen (secondary N) is 1. The normalized spacial score (nSPS) is 29.8. The maximum absolute atomic E-state index is 13.0. The van der Waals surface area contributed by atoms with Gasteiger partial charge in [0.1, 0.15) is 11.9 Å². The van der Waals surface area contributed by atoms with E-state index in [0.717, 1.165) is 0 Å². The van der Waals surface area contributed by atoms with Crippen LogP contribution in [0.4, 0.5) is 11.4 Å². The average Bonchev–Trinajstić information content (AvgIpc) is 3.33. The van der Waals surface area contributed by atoms with Crippen molar-refractivity contribution in [3.63, 3.8) is 0 Å². The fourth-order valence-electron chi connectivity index (χ4n) is 5.26. The quantitative estimate of drug-likeness (QED) is 0.320. The third kappa shape index (κ3) is 2.95. The minimum absolute atomic E-state index is 0.00873. The Hall–Kier alpha value is -2.88. The first-order chi connectivity index (χ1) is 14.7. The number of amides is 1. The lowest BCUT2D eigenvalue weighted by Crippen LogP contribution is -2.39. The Morgan fingerprint density at radius 3 is 2.58 bits per heavy atom. The number of hydrogen-bond acceptors (Lipinski definition) is 6. The van der Waals surface area contributed by atoms with Crippen molar-refractivity contribution >= 4 is 33.0 Å². The van der Waals surface area contributed by atoms with Crippen LogP contribution < -0.4 is 10.2 Å². The third-order valence-electron chi connectivity index (χ3n) is 6.67. The van der Waals surface area contributed by atoms with Gasteiger partial charge in [-0.2, -0.15) is 8.42 Å². The monoisotopic (exact) mass is 442 g/mol. The first kappa shape index (κ1) is 20.0. The molecule has 0 saturated heterocycles. The zero-order chi connectivity index (χ0) is 22.1. The summed E-state index contributed by atoms with van der Waals surface area (Å²) >= 11 is 0. The summed E-state index contributed by atoms with van der Waals surface area (Å²) in [5, 5.41) is 23.1. The Morgan fingerprint density at radius 1 is 1.13 bits per heavy atom. The van der Waals surface area contributed by atoms with Crippen molar-refractivity contribution in [3.05, 3.63) is 59.3 Å². The summed E-state index contributed by atoms with van der Waals surface area (Å²) in [5.41, 5.74) is 2.94. The van der Waals surface area contributed by atoms with Gasteiger partial charge in [0.25, 0.3) is 16.0 Å². The second-order valence-corrected chi connectivity index (χ2v) is 9.97. The van der Waals surface area contributed by atoms with E-state index in [4.69, 9.17) is 0 Å². The van der Waals surface area contributed by atoms with Gasteiger partial charge in [0.15, 0.2) is 0 Å². The highest BCUT2D eigenvalue weighted by molar-refractivity contribution is 7.86. The molecule has 8 nitrogen and oxygen atoms in total. The maximum Gasteiger partial charge on any atom is 0.268 e. The molecule has 0 bridgehead atoms. The van der Waals surface area contributed by atoms with E-state index < -0.39 is 33.3 Å². The molecule has 31 heavy (non-hydrogen) atoms. The summed E-state index contributed by atoms with van der Waals surface area (Å²) in [6.45, 7) is 1.76. The number of carbonyl (C=O) groups excluding carboxylic acids is 1. The Kier molecular flexibility index (Phi) is 4.40. The number of fused-ring (bicyclic) bond motifs is 2. The predicted octanol–water partition coefficient (Wildman–Crippen LogP) is 2.66. The van der Waals surface area contributed by atoms with Crippen molar-refractivity contribution in [2.24, 2.45) is 5.92 Å².